The number of sulfonamides is 1. The number of primary sulfonamides is 1. The Kier molecular flexibility index (Phi) is 5.78. The number of aromatic nitrogens is 1. The Labute approximate surface area is 170 Å². The van der Waals surface area contributed by atoms with Crippen molar-refractivity contribution < 1.29 is 22.0 Å². The summed E-state index contributed by atoms with van der Waals surface area (Å²) < 4.78 is 50.3. The first kappa shape index (κ1) is 21.0. The van der Waals surface area contributed by atoms with E-state index in [4.69, 9.17) is 5.14 Å². The van der Waals surface area contributed by atoms with Gasteiger partial charge in [0.25, 0.3) is 0 Å². The third-order valence-corrected chi connectivity index (χ3v) is 7.02. The molecule has 29 heavy (non-hydrogen) atoms. The number of carbonyl (C=O) groups excluding carboxylic acids is 1. The van der Waals surface area contributed by atoms with Crippen molar-refractivity contribution >= 4 is 32.4 Å². The van der Waals surface area contributed by atoms with Crippen LogP contribution in [0.2, 0.25) is 0 Å². The fourth-order valence-corrected chi connectivity index (χ4v) is 4.63. The van der Waals surface area contributed by atoms with Gasteiger partial charge in [0.1, 0.15) is 0 Å². The normalized spacial score (nSPS) is 11.5. The molecule has 0 unspecified atom stereocenters. The van der Waals surface area contributed by atoms with Gasteiger partial charge in [-0.25, -0.2) is 27.3 Å². The van der Waals surface area contributed by atoms with Crippen LogP contribution in [0, 0.1) is 18.6 Å². The van der Waals surface area contributed by atoms with Crippen LogP contribution in [0.25, 0.3) is 11.1 Å². The van der Waals surface area contributed by atoms with Crippen molar-refractivity contribution in [3.63, 3.8) is 0 Å². The highest BCUT2D eigenvalue weighted by Gasteiger charge is 2.22. The molecule has 10 heteroatoms. The molecule has 0 aliphatic heterocycles. The zero-order valence-corrected chi connectivity index (χ0v) is 17.2. The second-order valence-electron chi connectivity index (χ2n) is 6.34. The van der Waals surface area contributed by atoms with Gasteiger partial charge < -0.3 is 0 Å². The van der Waals surface area contributed by atoms with E-state index in [1.54, 1.807) is 24.3 Å². The lowest BCUT2D eigenvalue weighted by atomic mass is 10.0. The molecular weight excluding hydrogens is 420 g/mol. The lowest BCUT2D eigenvalue weighted by molar-refractivity contribution is -0.117. The molecule has 0 bridgehead atoms. The van der Waals surface area contributed by atoms with E-state index >= 15 is 0 Å². The number of benzene rings is 2. The number of nitrogens with two attached hydrogens (primary N) is 1. The monoisotopic (exact) mass is 437 g/mol. The van der Waals surface area contributed by atoms with E-state index in [1.165, 1.54) is 31.0 Å². The number of thiazole rings is 1. The molecule has 0 aliphatic rings. The van der Waals surface area contributed by atoms with Crippen molar-refractivity contribution in [1.29, 1.82) is 0 Å². The van der Waals surface area contributed by atoms with Crippen molar-refractivity contribution in [1.82, 2.24) is 4.98 Å². The average Bonchev–Trinajstić information content (AvgIpc) is 3.06. The van der Waals surface area contributed by atoms with Gasteiger partial charge in [0.15, 0.2) is 21.0 Å². The third kappa shape index (κ3) is 4.50. The van der Waals surface area contributed by atoms with Crippen LogP contribution in [0.3, 0.4) is 0 Å². The van der Waals surface area contributed by atoms with Crippen molar-refractivity contribution in [2.24, 2.45) is 5.14 Å². The van der Waals surface area contributed by atoms with Gasteiger partial charge in [-0.05, 0) is 24.1 Å². The SMILES string of the molecule is Cc1nc(N(C)C(=O)Cc2ccc(-c3cccc(F)c3F)cc2)sc1S(N)(=O)=O. The summed E-state index contributed by atoms with van der Waals surface area (Å²) in [4.78, 5) is 17.9. The van der Waals surface area contributed by atoms with E-state index in [-0.39, 0.29) is 32.9 Å². The molecule has 1 heterocycles. The van der Waals surface area contributed by atoms with Crippen LogP contribution in [0.1, 0.15) is 11.3 Å². The van der Waals surface area contributed by atoms with E-state index in [0.717, 1.165) is 17.4 Å². The molecule has 152 valence electrons. The Hall–Kier alpha value is -2.69. The van der Waals surface area contributed by atoms with Crippen LogP contribution < -0.4 is 10.0 Å². The summed E-state index contributed by atoms with van der Waals surface area (Å²) in [5.74, 6) is -2.17. The third-order valence-electron chi connectivity index (χ3n) is 4.23. The van der Waals surface area contributed by atoms with Crippen LogP contribution in [-0.2, 0) is 21.2 Å². The number of carbonyl (C=O) groups is 1. The quantitative estimate of drug-likeness (QED) is 0.663. The van der Waals surface area contributed by atoms with Crippen molar-refractivity contribution in [3.8, 4) is 11.1 Å². The Balaban J connectivity index is 1.76. The maximum atomic E-state index is 13.9. The highest BCUT2D eigenvalue weighted by atomic mass is 32.2. The van der Waals surface area contributed by atoms with Crippen LogP contribution >= 0.6 is 11.3 Å². The van der Waals surface area contributed by atoms with Gasteiger partial charge in [-0.1, -0.05) is 47.7 Å². The van der Waals surface area contributed by atoms with Crippen molar-refractivity contribution in [2.75, 3.05) is 11.9 Å². The van der Waals surface area contributed by atoms with Crippen molar-refractivity contribution in [2.45, 2.75) is 17.6 Å². The van der Waals surface area contributed by atoms with Crippen LogP contribution in [-0.4, -0.2) is 26.4 Å². The first-order valence-corrected chi connectivity index (χ1v) is 10.7. The molecule has 0 fully saturated rings. The number of anilines is 1. The first-order chi connectivity index (χ1) is 13.6. The minimum atomic E-state index is -3.91. The molecule has 6 nitrogen and oxygen atoms in total. The summed E-state index contributed by atoms with van der Waals surface area (Å²) in [6.45, 7) is 1.50. The van der Waals surface area contributed by atoms with E-state index < -0.39 is 21.7 Å². The summed E-state index contributed by atoms with van der Waals surface area (Å²) in [6, 6.07) is 10.4. The standard InChI is InChI=1S/C19H17F2N3O3S2/c1-11-18(29(22,26)27)28-19(23-11)24(2)16(25)10-12-6-8-13(9-7-12)14-4-3-5-15(20)17(14)21/h3-9H,10H2,1-2H3,(H2,22,26,27). The zero-order valence-electron chi connectivity index (χ0n) is 15.5. The summed E-state index contributed by atoms with van der Waals surface area (Å²) in [7, 11) is -2.42. The molecule has 0 saturated heterocycles. The minimum Gasteiger partial charge on any atom is -0.291 e. The lowest BCUT2D eigenvalue weighted by Crippen LogP contribution is -2.27. The van der Waals surface area contributed by atoms with Crippen molar-refractivity contribution in [3.05, 3.63) is 65.4 Å². The number of amides is 1. The maximum Gasteiger partial charge on any atom is 0.249 e. The fourth-order valence-electron chi connectivity index (χ4n) is 2.70. The number of hydrogen-bond acceptors (Lipinski definition) is 5. The van der Waals surface area contributed by atoms with E-state index in [1.807, 2.05) is 0 Å². The van der Waals surface area contributed by atoms with Gasteiger partial charge in [-0.3, -0.25) is 9.69 Å². The largest absolute Gasteiger partial charge is 0.291 e. The van der Waals surface area contributed by atoms with Gasteiger partial charge in [0, 0.05) is 12.6 Å². The molecule has 3 rings (SSSR count). The van der Waals surface area contributed by atoms with Gasteiger partial charge in [-0.2, -0.15) is 0 Å². The molecule has 1 amide bonds. The van der Waals surface area contributed by atoms with E-state index in [2.05, 4.69) is 4.98 Å². The van der Waals surface area contributed by atoms with Crippen LogP contribution in [0.15, 0.2) is 46.7 Å². The molecule has 0 atom stereocenters. The average molecular weight is 437 g/mol. The molecule has 0 radical (unpaired) electrons. The molecule has 1 aromatic heterocycles. The highest BCUT2D eigenvalue weighted by Crippen LogP contribution is 2.29. The summed E-state index contributed by atoms with van der Waals surface area (Å²) in [5, 5.41) is 5.36. The second-order valence-corrected chi connectivity index (χ2v) is 9.08. The fraction of sp³-hybridized carbons (Fsp3) is 0.158. The summed E-state index contributed by atoms with van der Waals surface area (Å²) in [6.07, 6.45) is 0.0196. The van der Waals surface area contributed by atoms with E-state index in [0.29, 0.717) is 11.1 Å². The smallest absolute Gasteiger partial charge is 0.249 e. The number of likely N-dealkylation sites (N-methyl/N-ethyl adjacent to an activating group) is 1. The maximum absolute atomic E-state index is 13.9. The minimum absolute atomic E-state index is 0.0196. The number of aryl methyl sites for hydroxylation is 1. The van der Waals surface area contributed by atoms with Gasteiger partial charge >= 0.3 is 0 Å². The summed E-state index contributed by atoms with van der Waals surface area (Å²) >= 11 is 0.820. The second kappa shape index (κ2) is 7.97. The van der Waals surface area contributed by atoms with E-state index in [9.17, 15) is 22.0 Å². The Morgan fingerprint density at radius 3 is 2.41 bits per heavy atom. The highest BCUT2D eigenvalue weighted by molar-refractivity contribution is 7.91. The number of rotatable bonds is 5. The number of halogens is 2. The molecule has 2 aromatic carbocycles. The molecule has 0 saturated carbocycles. The molecule has 0 aliphatic carbocycles. The predicted molar refractivity (Wildman–Crippen MR) is 107 cm³/mol. The van der Waals surface area contributed by atoms with Gasteiger partial charge in [-0.15, -0.1) is 0 Å². The molecular formula is C19H17F2N3O3S2. The Morgan fingerprint density at radius 1 is 1.17 bits per heavy atom. The number of hydrogen-bond donors (Lipinski definition) is 1. The van der Waals surface area contributed by atoms with Crippen LogP contribution in [0.5, 0.6) is 0 Å². The first-order valence-electron chi connectivity index (χ1n) is 8.38. The topological polar surface area (TPSA) is 93.4 Å². The van der Waals surface area contributed by atoms with Gasteiger partial charge in [0.05, 0.1) is 12.1 Å². The number of nitrogens with zero attached hydrogens (tertiary/aromatic N) is 2. The molecule has 3 aromatic rings. The zero-order chi connectivity index (χ0) is 21.3. The molecule has 0 spiro atoms. The molecule has 2 N–H and O–H groups in total. The van der Waals surface area contributed by atoms with Crippen LogP contribution in [0.4, 0.5) is 13.9 Å². The van der Waals surface area contributed by atoms with Gasteiger partial charge in [0.2, 0.25) is 15.9 Å². The Bertz CT molecular complexity index is 1180. The lowest BCUT2D eigenvalue weighted by Gasteiger charge is -2.14. The predicted octanol–water partition coefficient (Wildman–Crippen LogP) is 3.25. The summed E-state index contributed by atoms with van der Waals surface area (Å²) in [5.41, 5.74) is 1.50. The Morgan fingerprint density at radius 2 is 1.83 bits per heavy atom.